The zero-order valence-corrected chi connectivity index (χ0v) is 17.9. The topological polar surface area (TPSA) is 112 Å². The quantitative estimate of drug-likeness (QED) is 0.469. The number of carbonyl (C=O) groups excluding carboxylic acids is 1. The summed E-state index contributed by atoms with van der Waals surface area (Å²) in [6.07, 6.45) is 0.290. The molecule has 0 saturated heterocycles. The summed E-state index contributed by atoms with van der Waals surface area (Å²) >= 11 is 0. The van der Waals surface area contributed by atoms with Crippen LogP contribution >= 0.6 is 0 Å². The third-order valence-corrected chi connectivity index (χ3v) is 4.96. The number of aryl methyl sites for hydroxylation is 2. The predicted molar refractivity (Wildman–Crippen MR) is 115 cm³/mol. The molecule has 0 fully saturated rings. The number of halogens is 1. The lowest BCUT2D eigenvalue weighted by Gasteiger charge is -2.08. The van der Waals surface area contributed by atoms with Gasteiger partial charge >= 0.3 is 0 Å². The summed E-state index contributed by atoms with van der Waals surface area (Å²) in [6.45, 7) is 5.97. The van der Waals surface area contributed by atoms with E-state index in [9.17, 15) is 9.18 Å². The third kappa shape index (κ3) is 4.69. The molecule has 164 valence electrons. The van der Waals surface area contributed by atoms with E-state index in [1.54, 1.807) is 6.92 Å². The van der Waals surface area contributed by atoms with Crippen molar-refractivity contribution in [1.29, 1.82) is 0 Å². The molecule has 1 N–H and O–H groups in total. The van der Waals surface area contributed by atoms with Crippen LogP contribution in [0.1, 0.15) is 43.5 Å². The summed E-state index contributed by atoms with van der Waals surface area (Å²) in [7, 11) is 0. The lowest BCUT2D eigenvalue weighted by atomic mass is 10.0. The molecule has 9 nitrogen and oxygen atoms in total. The normalized spacial score (nSPS) is 11.2. The second-order valence-electron chi connectivity index (χ2n) is 7.64. The molecule has 0 aliphatic heterocycles. The highest BCUT2D eigenvalue weighted by Crippen LogP contribution is 2.22. The Morgan fingerprint density at radius 3 is 2.66 bits per heavy atom. The summed E-state index contributed by atoms with van der Waals surface area (Å²) in [5.74, 6) is 0.840. The first-order chi connectivity index (χ1) is 15.4. The van der Waals surface area contributed by atoms with Crippen molar-refractivity contribution < 1.29 is 13.7 Å². The fourth-order valence-corrected chi connectivity index (χ4v) is 3.13. The van der Waals surface area contributed by atoms with Gasteiger partial charge in [0.05, 0.1) is 11.4 Å². The average Bonchev–Trinajstić information content (AvgIpc) is 3.43. The van der Waals surface area contributed by atoms with Crippen molar-refractivity contribution in [2.24, 2.45) is 0 Å². The molecule has 0 radical (unpaired) electrons. The Morgan fingerprint density at radius 2 is 1.97 bits per heavy atom. The number of amides is 1. The van der Waals surface area contributed by atoms with E-state index in [0.29, 0.717) is 29.1 Å². The highest BCUT2D eigenvalue weighted by Gasteiger charge is 2.14. The molecule has 2 aromatic carbocycles. The minimum atomic E-state index is -0.558. The molecule has 4 rings (SSSR count). The standard InChI is InChI=1S/C22H22FN7O2/c1-13(2)15-4-6-16(7-5-15)22-25-21(32-27-22)11-10-20(31)24-19-12-17(8-9-18(19)23)30-14(3)26-28-29-30/h4-9,12-13H,10-11H2,1-3H3,(H,24,31). The Hall–Kier alpha value is -3.95. The van der Waals surface area contributed by atoms with Gasteiger partial charge in [0.25, 0.3) is 0 Å². The first kappa shape index (κ1) is 21.3. The molecule has 2 heterocycles. The van der Waals surface area contributed by atoms with E-state index in [2.05, 4.69) is 44.8 Å². The number of nitrogens with one attached hydrogen (secondary N) is 1. The number of hydrogen-bond acceptors (Lipinski definition) is 7. The van der Waals surface area contributed by atoms with Gasteiger partial charge < -0.3 is 9.84 Å². The van der Waals surface area contributed by atoms with Crippen molar-refractivity contribution in [3.05, 3.63) is 65.6 Å². The molecule has 0 bridgehead atoms. The molecule has 0 aliphatic carbocycles. The second-order valence-corrected chi connectivity index (χ2v) is 7.64. The van der Waals surface area contributed by atoms with Gasteiger partial charge in [0.1, 0.15) is 5.82 Å². The number of anilines is 1. The van der Waals surface area contributed by atoms with Crippen LogP contribution in [-0.4, -0.2) is 36.3 Å². The van der Waals surface area contributed by atoms with Crippen LogP contribution in [0.4, 0.5) is 10.1 Å². The molecule has 10 heteroatoms. The van der Waals surface area contributed by atoms with E-state index in [0.717, 1.165) is 5.56 Å². The third-order valence-electron chi connectivity index (χ3n) is 4.96. The lowest BCUT2D eigenvalue weighted by molar-refractivity contribution is -0.116. The van der Waals surface area contributed by atoms with Crippen LogP contribution < -0.4 is 5.32 Å². The van der Waals surface area contributed by atoms with Crippen LogP contribution in [0, 0.1) is 12.7 Å². The van der Waals surface area contributed by atoms with Gasteiger partial charge in [-0.3, -0.25) is 4.79 Å². The van der Waals surface area contributed by atoms with E-state index in [1.807, 2.05) is 24.3 Å². The largest absolute Gasteiger partial charge is 0.339 e. The van der Waals surface area contributed by atoms with Gasteiger partial charge in [0, 0.05) is 18.4 Å². The molecule has 0 atom stereocenters. The van der Waals surface area contributed by atoms with Crippen LogP contribution in [0.3, 0.4) is 0 Å². The van der Waals surface area contributed by atoms with Gasteiger partial charge in [0.2, 0.25) is 17.6 Å². The van der Waals surface area contributed by atoms with E-state index in [-0.39, 0.29) is 24.4 Å². The number of rotatable bonds is 7. The first-order valence-corrected chi connectivity index (χ1v) is 10.2. The van der Waals surface area contributed by atoms with Crippen LogP contribution in [0.25, 0.3) is 17.1 Å². The SMILES string of the molecule is Cc1nnnn1-c1ccc(F)c(NC(=O)CCc2nc(-c3ccc(C(C)C)cc3)no2)c1. The zero-order chi connectivity index (χ0) is 22.7. The Morgan fingerprint density at radius 1 is 1.19 bits per heavy atom. The summed E-state index contributed by atoms with van der Waals surface area (Å²) in [5.41, 5.74) is 2.64. The van der Waals surface area contributed by atoms with Gasteiger partial charge in [0.15, 0.2) is 5.82 Å². The Kier molecular flexibility index (Phi) is 6.02. The molecule has 2 aromatic heterocycles. The molecular weight excluding hydrogens is 413 g/mol. The van der Waals surface area contributed by atoms with Gasteiger partial charge in [-0.15, -0.1) is 5.10 Å². The lowest BCUT2D eigenvalue weighted by Crippen LogP contribution is -2.14. The number of tetrazole rings is 1. The summed E-state index contributed by atoms with van der Waals surface area (Å²) in [6, 6.07) is 12.2. The molecular formula is C22H22FN7O2. The highest BCUT2D eigenvalue weighted by atomic mass is 19.1. The highest BCUT2D eigenvalue weighted by molar-refractivity contribution is 5.91. The molecule has 0 saturated carbocycles. The minimum Gasteiger partial charge on any atom is -0.339 e. The summed E-state index contributed by atoms with van der Waals surface area (Å²) in [5, 5.41) is 17.8. The number of carbonyl (C=O) groups is 1. The van der Waals surface area contributed by atoms with Gasteiger partial charge in [-0.2, -0.15) is 9.67 Å². The summed E-state index contributed by atoms with van der Waals surface area (Å²) in [4.78, 5) is 16.7. The predicted octanol–water partition coefficient (Wildman–Crippen LogP) is 3.85. The molecule has 0 spiro atoms. The van der Waals surface area contributed by atoms with Crippen molar-refractivity contribution in [2.75, 3.05) is 5.32 Å². The van der Waals surface area contributed by atoms with Crippen LogP contribution in [0.5, 0.6) is 0 Å². The Balaban J connectivity index is 1.38. The van der Waals surface area contributed by atoms with Crippen molar-refractivity contribution in [2.45, 2.75) is 39.5 Å². The Labute approximate surface area is 183 Å². The maximum atomic E-state index is 14.2. The molecule has 0 unspecified atom stereocenters. The fourth-order valence-electron chi connectivity index (χ4n) is 3.13. The molecule has 4 aromatic rings. The van der Waals surface area contributed by atoms with Crippen molar-refractivity contribution in [3.63, 3.8) is 0 Å². The number of hydrogen-bond donors (Lipinski definition) is 1. The second kappa shape index (κ2) is 9.04. The summed E-state index contributed by atoms with van der Waals surface area (Å²) < 4.78 is 20.9. The maximum absolute atomic E-state index is 14.2. The van der Waals surface area contributed by atoms with Gasteiger partial charge in [-0.25, -0.2) is 4.39 Å². The van der Waals surface area contributed by atoms with Crippen LogP contribution in [-0.2, 0) is 11.2 Å². The average molecular weight is 435 g/mol. The maximum Gasteiger partial charge on any atom is 0.227 e. The smallest absolute Gasteiger partial charge is 0.227 e. The van der Waals surface area contributed by atoms with Crippen molar-refractivity contribution in [3.8, 4) is 17.1 Å². The van der Waals surface area contributed by atoms with Crippen LogP contribution in [0.15, 0.2) is 47.0 Å². The number of nitrogens with zero attached hydrogens (tertiary/aromatic N) is 6. The van der Waals surface area contributed by atoms with E-state index in [1.165, 1.54) is 28.4 Å². The van der Waals surface area contributed by atoms with E-state index >= 15 is 0 Å². The molecule has 1 amide bonds. The van der Waals surface area contributed by atoms with E-state index in [4.69, 9.17) is 4.52 Å². The number of benzene rings is 2. The fraction of sp³-hybridized carbons (Fsp3) is 0.273. The van der Waals surface area contributed by atoms with Crippen LogP contribution in [0.2, 0.25) is 0 Å². The van der Waals surface area contributed by atoms with Crippen molar-refractivity contribution in [1.82, 2.24) is 30.3 Å². The van der Waals surface area contributed by atoms with Gasteiger partial charge in [-0.1, -0.05) is 43.3 Å². The first-order valence-electron chi connectivity index (χ1n) is 10.2. The Bertz CT molecular complexity index is 1230. The molecule has 32 heavy (non-hydrogen) atoms. The minimum absolute atomic E-state index is 0.0406. The molecule has 0 aliphatic rings. The van der Waals surface area contributed by atoms with Gasteiger partial charge in [-0.05, 0) is 47.0 Å². The monoisotopic (exact) mass is 435 g/mol. The number of aromatic nitrogens is 6. The zero-order valence-electron chi connectivity index (χ0n) is 17.9. The van der Waals surface area contributed by atoms with E-state index < -0.39 is 5.82 Å². The van der Waals surface area contributed by atoms with Crippen molar-refractivity contribution >= 4 is 11.6 Å².